The van der Waals surface area contributed by atoms with Crippen molar-refractivity contribution < 1.29 is 13.3 Å². The van der Waals surface area contributed by atoms with Crippen molar-refractivity contribution in [3.05, 3.63) is 24.3 Å². The molecule has 0 amide bonds. The number of rotatable bonds is 4. The van der Waals surface area contributed by atoms with Gasteiger partial charge < -0.3 is 13.3 Å². The van der Waals surface area contributed by atoms with Crippen LogP contribution in [0.3, 0.4) is 0 Å². The van der Waals surface area contributed by atoms with Gasteiger partial charge in [-0.25, -0.2) is 0 Å². The fourth-order valence-corrected chi connectivity index (χ4v) is 3.55. The maximum absolute atomic E-state index is 5.37. The predicted octanol–water partition coefficient (Wildman–Crippen LogP) is 1.75. The lowest BCUT2D eigenvalue weighted by Crippen LogP contribution is -2.46. The topological polar surface area (TPSA) is 27.7 Å². The molecule has 0 radical (unpaired) electrons. The van der Waals surface area contributed by atoms with E-state index in [2.05, 4.69) is 24.3 Å². The van der Waals surface area contributed by atoms with Crippen LogP contribution in [-0.2, 0) is 13.3 Å². The largest absolute Gasteiger partial charge is 0.511 e. The van der Waals surface area contributed by atoms with Gasteiger partial charge in [0.25, 0.3) is 0 Å². The van der Waals surface area contributed by atoms with E-state index in [1.165, 1.54) is 0 Å². The minimum Gasteiger partial charge on any atom is -0.376 e. The molecule has 1 aliphatic carbocycles. The van der Waals surface area contributed by atoms with E-state index in [1.54, 1.807) is 21.3 Å². The van der Waals surface area contributed by atoms with Gasteiger partial charge in [-0.05, 0) is 6.42 Å². The quantitative estimate of drug-likeness (QED) is 0.511. The van der Waals surface area contributed by atoms with Crippen molar-refractivity contribution in [2.24, 2.45) is 0 Å². The summed E-state index contributed by atoms with van der Waals surface area (Å²) in [6, 6.07) is 0. The summed E-state index contributed by atoms with van der Waals surface area (Å²) in [7, 11) is 2.41. The molecule has 0 aliphatic heterocycles. The molecule has 0 atom stereocenters. The Morgan fingerprint density at radius 2 is 1.46 bits per heavy atom. The molecule has 0 bridgehead atoms. The number of hydrogen-bond donors (Lipinski definition) is 0. The second-order valence-corrected chi connectivity index (χ2v) is 5.93. The summed E-state index contributed by atoms with van der Waals surface area (Å²) in [5, 5.41) is 0. The third-order valence-electron chi connectivity index (χ3n) is 2.22. The van der Waals surface area contributed by atoms with Gasteiger partial charge in [0.05, 0.1) is 5.54 Å². The molecule has 1 rings (SSSR count). The van der Waals surface area contributed by atoms with Gasteiger partial charge in [-0.3, -0.25) is 0 Å². The fraction of sp³-hybridized carbons (Fsp3) is 0.556. The molecule has 1 aliphatic rings. The van der Waals surface area contributed by atoms with Crippen molar-refractivity contribution in [1.82, 2.24) is 0 Å². The van der Waals surface area contributed by atoms with Crippen LogP contribution >= 0.6 is 0 Å². The van der Waals surface area contributed by atoms with E-state index >= 15 is 0 Å². The van der Waals surface area contributed by atoms with Crippen LogP contribution in [0.2, 0.25) is 5.54 Å². The second-order valence-electron chi connectivity index (χ2n) is 2.83. The first-order valence-corrected chi connectivity index (χ1v) is 6.08. The highest BCUT2D eigenvalue weighted by atomic mass is 28.4. The van der Waals surface area contributed by atoms with Gasteiger partial charge in [0.1, 0.15) is 0 Å². The van der Waals surface area contributed by atoms with Crippen LogP contribution in [0.5, 0.6) is 0 Å². The van der Waals surface area contributed by atoms with Crippen LogP contribution in [0, 0.1) is 0 Å². The average Bonchev–Trinajstić information content (AvgIpc) is 2.23. The van der Waals surface area contributed by atoms with E-state index in [9.17, 15) is 0 Å². The highest BCUT2D eigenvalue weighted by molar-refractivity contribution is 6.63. The van der Waals surface area contributed by atoms with E-state index in [1.807, 2.05) is 0 Å². The zero-order valence-corrected chi connectivity index (χ0v) is 9.32. The van der Waals surface area contributed by atoms with Gasteiger partial charge in [-0.1, -0.05) is 24.3 Å². The summed E-state index contributed by atoms with van der Waals surface area (Å²) in [6.07, 6.45) is 9.36. The smallest absolute Gasteiger partial charge is 0.376 e. The standard InChI is InChI=1S/C9H16O3Si/c1-10-13(11-2,12-3)9-7-5-4-6-8-9/h5-9H,4H2,1-3H3. The lowest BCUT2D eigenvalue weighted by atomic mass is 10.2. The van der Waals surface area contributed by atoms with E-state index in [0.29, 0.717) is 0 Å². The average molecular weight is 200 g/mol. The van der Waals surface area contributed by atoms with Gasteiger partial charge in [-0.15, -0.1) is 0 Å². The fourth-order valence-electron chi connectivity index (χ4n) is 1.49. The third kappa shape index (κ3) is 2.08. The van der Waals surface area contributed by atoms with Crippen molar-refractivity contribution in [3.63, 3.8) is 0 Å². The van der Waals surface area contributed by atoms with Crippen molar-refractivity contribution in [2.45, 2.75) is 12.0 Å². The van der Waals surface area contributed by atoms with E-state index in [4.69, 9.17) is 13.3 Å². The minimum atomic E-state index is -2.49. The Labute approximate surface area is 80.4 Å². The Balaban J connectivity index is 2.79. The summed E-state index contributed by atoms with van der Waals surface area (Å²) in [6.45, 7) is 0. The van der Waals surface area contributed by atoms with Crippen LogP contribution in [0.25, 0.3) is 0 Å². The summed E-state index contributed by atoms with van der Waals surface area (Å²) < 4.78 is 16.1. The maximum atomic E-state index is 5.37. The first-order chi connectivity index (χ1) is 6.29. The molecule has 13 heavy (non-hydrogen) atoms. The molecule has 0 unspecified atom stereocenters. The molecule has 0 saturated heterocycles. The summed E-state index contributed by atoms with van der Waals surface area (Å²) >= 11 is 0. The Kier molecular flexibility index (Phi) is 3.86. The van der Waals surface area contributed by atoms with Gasteiger partial charge in [0.2, 0.25) is 0 Å². The van der Waals surface area contributed by atoms with Crippen molar-refractivity contribution in [1.29, 1.82) is 0 Å². The molecule has 0 heterocycles. The van der Waals surface area contributed by atoms with E-state index < -0.39 is 8.80 Å². The molecule has 0 aromatic heterocycles. The Hall–Kier alpha value is -0.423. The van der Waals surface area contributed by atoms with Gasteiger partial charge >= 0.3 is 8.80 Å². The predicted molar refractivity (Wildman–Crippen MR) is 53.4 cm³/mol. The number of allylic oxidation sites excluding steroid dienone is 4. The van der Waals surface area contributed by atoms with Crippen LogP contribution in [0.1, 0.15) is 6.42 Å². The highest BCUT2D eigenvalue weighted by Crippen LogP contribution is 2.29. The SMILES string of the molecule is CO[Si](OC)(OC)C1C=CCC=C1. The monoisotopic (exact) mass is 200 g/mol. The normalized spacial score (nSPS) is 18.1. The van der Waals surface area contributed by atoms with Crippen LogP contribution in [0.15, 0.2) is 24.3 Å². The van der Waals surface area contributed by atoms with Crippen molar-refractivity contribution in [2.75, 3.05) is 21.3 Å². The van der Waals surface area contributed by atoms with E-state index in [0.717, 1.165) is 6.42 Å². The molecule has 0 aromatic carbocycles. The molecule has 0 saturated carbocycles. The first kappa shape index (κ1) is 10.7. The van der Waals surface area contributed by atoms with E-state index in [-0.39, 0.29) is 5.54 Å². The molecule has 4 heteroatoms. The van der Waals surface area contributed by atoms with Crippen LogP contribution in [-0.4, -0.2) is 30.1 Å². The lowest BCUT2D eigenvalue weighted by molar-refractivity contribution is 0.121. The molecular formula is C9H16O3Si. The van der Waals surface area contributed by atoms with Crippen molar-refractivity contribution in [3.8, 4) is 0 Å². The number of hydrogen-bond acceptors (Lipinski definition) is 3. The maximum Gasteiger partial charge on any atom is 0.511 e. The molecule has 0 spiro atoms. The first-order valence-electron chi connectivity index (χ1n) is 4.28. The molecule has 0 aromatic rings. The van der Waals surface area contributed by atoms with Gasteiger partial charge in [0.15, 0.2) is 0 Å². The lowest BCUT2D eigenvalue weighted by Gasteiger charge is -2.29. The highest BCUT2D eigenvalue weighted by Gasteiger charge is 2.44. The Morgan fingerprint density at radius 3 is 1.85 bits per heavy atom. The summed E-state index contributed by atoms with van der Waals surface area (Å²) in [5.74, 6) is 0. The molecule has 0 fully saturated rings. The molecule has 3 nitrogen and oxygen atoms in total. The molecule has 74 valence electrons. The summed E-state index contributed by atoms with van der Waals surface area (Å²) in [5.41, 5.74) is 0.154. The molecule has 0 N–H and O–H groups in total. The Morgan fingerprint density at radius 1 is 1.00 bits per heavy atom. The molecular weight excluding hydrogens is 184 g/mol. The van der Waals surface area contributed by atoms with Gasteiger partial charge in [-0.2, -0.15) is 0 Å². The summed E-state index contributed by atoms with van der Waals surface area (Å²) in [4.78, 5) is 0. The third-order valence-corrected chi connectivity index (χ3v) is 5.13. The Bertz CT molecular complexity index is 189. The van der Waals surface area contributed by atoms with Gasteiger partial charge in [0, 0.05) is 21.3 Å². The van der Waals surface area contributed by atoms with Crippen LogP contribution in [0.4, 0.5) is 0 Å². The van der Waals surface area contributed by atoms with Crippen LogP contribution < -0.4 is 0 Å². The van der Waals surface area contributed by atoms with Crippen molar-refractivity contribution >= 4 is 8.80 Å². The second kappa shape index (κ2) is 4.71. The zero-order valence-electron chi connectivity index (χ0n) is 8.32. The zero-order chi connectivity index (χ0) is 9.73. The minimum absolute atomic E-state index is 0.154.